The summed E-state index contributed by atoms with van der Waals surface area (Å²) in [5.74, 6) is 0. The highest BCUT2D eigenvalue weighted by atomic mass is 16.7. The highest BCUT2D eigenvalue weighted by Crippen LogP contribution is 1.94. The third kappa shape index (κ3) is 19.8. The Balaban J connectivity index is 0. The van der Waals surface area contributed by atoms with Gasteiger partial charge in [0, 0.05) is 19.6 Å². The van der Waals surface area contributed by atoms with Crippen LogP contribution in [0, 0.1) is 0 Å². The number of hydrogen-bond acceptors (Lipinski definition) is 3. The number of carbonyl (C=O) groups excluding carboxylic acids is 1. The quantitative estimate of drug-likeness (QED) is 0.356. The van der Waals surface area contributed by atoms with E-state index in [2.05, 4.69) is 6.92 Å². The number of rotatable bonds is 8. The molecule has 0 aromatic rings. The van der Waals surface area contributed by atoms with Crippen LogP contribution in [0.5, 0.6) is 0 Å². The summed E-state index contributed by atoms with van der Waals surface area (Å²) in [6.07, 6.45) is 5.15. The number of unbranched alkanes of at least 4 members (excludes halogenated alkanes) is 3. The summed E-state index contributed by atoms with van der Waals surface area (Å²) in [5.41, 5.74) is 0. The molecule has 0 bridgehead atoms. The summed E-state index contributed by atoms with van der Waals surface area (Å²) >= 11 is 0. The van der Waals surface area contributed by atoms with Crippen molar-refractivity contribution < 1.29 is 14.3 Å². The Kier molecular flexibility index (Phi) is 18.2. The molecule has 0 amide bonds. The van der Waals surface area contributed by atoms with Gasteiger partial charge >= 0.3 is 0 Å². The SMILES string of the molecule is CCCCCC=O.CCOC(C)OCC. The molecule has 0 aliphatic heterocycles. The minimum atomic E-state index is -0.0370. The second kappa shape index (κ2) is 16.0. The molecular weight excluding hydrogens is 192 g/mol. The van der Waals surface area contributed by atoms with Crippen molar-refractivity contribution in [2.24, 2.45) is 0 Å². The maximum atomic E-state index is 9.68. The van der Waals surface area contributed by atoms with Gasteiger partial charge in [0.1, 0.15) is 6.29 Å². The summed E-state index contributed by atoms with van der Waals surface area (Å²) in [5, 5.41) is 0. The molecule has 0 fully saturated rings. The molecule has 0 radical (unpaired) electrons. The third-order valence-corrected chi connectivity index (χ3v) is 1.73. The molecule has 0 aromatic carbocycles. The van der Waals surface area contributed by atoms with Crippen LogP contribution in [0.1, 0.15) is 53.4 Å². The predicted molar refractivity (Wildman–Crippen MR) is 62.9 cm³/mol. The molecule has 0 saturated heterocycles. The summed E-state index contributed by atoms with van der Waals surface area (Å²) in [4.78, 5) is 9.68. The van der Waals surface area contributed by atoms with Crippen molar-refractivity contribution in [2.45, 2.75) is 59.7 Å². The van der Waals surface area contributed by atoms with Crippen LogP contribution in [0.3, 0.4) is 0 Å². The van der Waals surface area contributed by atoms with E-state index < -0.39 is 0 Å². The molecule has 0 N–H and O–H groups in total. The van der Waals surface area contributed by atoms with E-state index in [0.29, 0.717) is 0 Å². The van der Waals surface area contributed by atoms with E-state index in [9.17, 15) is 4.79 Å². The van der Waals surface area contributed by atoms with E-state index in [1.54, 1.807) is 0 Å². The van der Waals surface area contributed by atoms with Crippen LogP contribution in [-0.4, -0.2) is 25.8 Å². The topological polar surface area (TPSA) is 35.5 Å². The largest absolute Gasteiger partial charge is 0.353 e. The van der Waals surface area contributed by atoms with Crippen molar-refractivity contribution >= 4 is 6.29 Å². The lowest BCUT2D eigenvalue weighted by Gasteiger charge is -2.09. The lowest BCUT2D eigenvalue weighted by Crippen LogP contribution is -2.11. The average Bonchev–Trinajstić information content (AvgIpc) is 2.20. The molecule has 0 rings (SSSR count). The van der Waals surface area contributed by atoms with Gasteiger partial charge in [-0.2, -0.15) is 0 Å². The first-order chi connectivity index (χ1) is 7.22. The van der Waals surface area contributed by atoms with Gasteiger partial charge in [0.2, 0.25) is 0 Å². The van der Waals surface area contributed by atoms with Gasteiger partial charge in [-0.25, -0.2) is 0 Å². The van der Waals surface area contributed by atoms with Crippen LogP contribution in [0.4, 0.5) is 0 Å². The van der Waals surface area contributed by atoms with Crippen molar-refractivity contribution in [1.82, 2.24) is 0 Å². The van der Waals surface area contributed by atoms with Crippen LogP contribution in [-0.2, 0) is 14.3 Å². The summed E-state index contributed by atoms with van der Waals surface area (Å²) in [6.45, 7) is 9.38. The predicted octanol–water partition coefficient (Wildman–Crippen LogP) is 3.17. The molecule has 0 saturated carbocycles. The lowest BCUT2D eigenvalue weighted by molar-refractivity contribution is -0.123. The first kappa shape index (κ1) is 17.0. The zero-order chi connectivity index (χ0) is 11.9. The smallest absolute Gasteiger partial charge is 0.154 e. The van der Waals surface area contributed by atoms with Gasteiger partial charge in [-0.05, 0) is 27.2 Å². The maximum absolute atomic E-state index is 9.68. The normalized spacial score (nSPS) is 9.67. The van der Waals surface area contributed by atoms with Crippen LogP contribution < -0.4 is 0 Å². The molecule has 15 heavy (non-hydrogen) atoms. The number of hydrogen-bond donors (Lipinski definition) is 0. The van der Waals surface area contributed by atoms with Crippen LogP contribution in [0.25, 0.3) is 0 Å². The molecule has 0 aliphatic rings. The summed E-state index contributed by atoms with van der Waals surface area (Å²) < 4.78 is 10.1. The summed E-state index contributed by atoms with van der Waals surface area (Å²) in [7, 11) is 0. The minimum absolute atomic E-state index is 0.0370. The fraction of sp³-hybridized carbons (Fsp3) is 0.917. The Hall–Kier alpha value is -0.410. The Morgan fingerprint density at radius 1 is 1.07 bits per heavy atom. The van der Waals surface area contributed by atoms with Crippen LogP contribution in [0.2, 0.25) is 0 Å². The monoisotopic (exact) mass is 218 g/mol. The summed E-state index contributed by atoms with van der Waals surface area (Å²) in [6, 6.07) is 0. The molecular formula is C12H26O3. The van der Waals surface area contributed by atoms with E-state index in [1.165, 1.54) is 12.8 Å². The van der Waals surface area contributed by atoms with E-state index in [1.807, 2.05) is 20.8 Å². The number of ether oxygens (including phenoxy) is 2. The van der Waals surface area contributed by atoms with Crippen molar-refractivity contribution in [2.75, 3.05) is 13.2 Å². The molecule has 0 atom stereocenters. The third-order valence-electron chi connectivity index (χ3n) is 1.73. The second-order valence-corrected chi connectivity index (χ2v) is 3.14. The maximum Gasteiger partial charge on any atom is 0.154 e. The van der Waals surface area contributed by atoms with Gasteiger partial charge in [-0.15, -0.1) is 0 Å². The second-order valence-electron chi connectivity index (χ2n) is 3.14. The molecule has 0 aliphatic carbocycles. The molecule has 0 spiro atoms. The van der Waals surface area contributed by atoms with E-state index in [4.69, 9.17) is 9.47 Å². The van der Waals surface area contributed by atoms with E-state index >= 15 is 0 Å². The van der Waals surface area contributed by atoms with Crippen molar-refractivity contribution in [1.29, 1.82) is 0 Å². The van der Waals surface area contributed by atoms with Crippen LogP contribution >= 0.6 is 0 Å². The lowest BCUT2D eigenvalue weighted by atomic mass is 10.2. The number of carbonyl (C=O) groups is 1. The first-order valence-electron chi connectivity index (χ1n) is 5.89. The van der Waals surface area contributed by atoms with Crippen molar-refractivity contribution in [3.8, 4) is 0 Å². The van der Waals surface area contributed by atoms with Crippen molar-refractivity contribution in [3.63, 3.8) is 0 Å². The Labute approximate surface area is 94.1 Å². The van der Waals surface area contributed by atoms with Gasteiger partial charge < -0.3 is 14.3 Å². The zero-order valence-corrected chi connectivity index (χ0v) is 10.6. The molecule has 0 unspecified atom stereocenters. The van der Waals surface area contributed by atoms with Crippen LogP contribution in [0.15, 0.2) is 0 Å². The van der Waals surface area contributed by atoms with Gasteiger partial charge in [-0.3, -0.25) is 0 Å². The standard InChI is InChI=1S/C6H14O2.C6H12O/c1-4-7-6(3)8-5-2;1-2-3-4-5-6-7/h6H,4-5H2,1-3H3;6H,2-5H2,1H3. The Morgan fingerprint density at radius 2 is 1.60 bits per heavy atom. The number of aldehydes is 1. The molecule has 3 nitrogen and oxygen atoms in total. The van der Waals surface area contributed by atoms with Crippen molar-refractivity contribution in [3.05, 3.63) is 0 Å². The van der Waals surface area contributed by atoms with E-state index in [0.717, 1.165) is 32.3 Å². The van der Waals surface area contributed by atoms with Gasteiger partial charge in [-0.1, -0.05) is 19.8 Å². The molecule has 3 heteroatoms. The van der Waals surface area contributed by atoms with Gasteiger partial charge in [0.05, 0.1) is 0 Å². The molecule has 92 valence electrons. The fourth-order valence-electron chi connectivity index (χ4n) is 0.995. The highest BCUT2D eigenvalue weighted by Gasteiger charge is 1.94. The first-order valence-corrected chi connectivity index (χ1v) is 5.89. The highest BCUT2D eigenvalue weighted by molar-refractivity contribution is 5.48. The Bertz CT molecular complexity index is 109. The van der Waals surface area contributed by atoms with E-state index in [-0.39, 0.29) is 6.29 Å². The average molecular weight is 218 g/mol. The van der Waals surface area contributed by atoms with Gasteiger partial charge in [0.25, 0.3) is 0 Å². The fourth-order valence-corrected chi connectivity index (χ4v) is 0.995. The molecule has 0 heterocycles. The molecule has 0 aromatic heterocycles. The minimum Gasteiger partial charge on any atom is -0.353 e. The zero-order valence-electron chi connectivity index (χ0n) is 10.6. The Morgan fingerprint density at radius 3 is 1.93 bits per heavy atom. The van der Waals surface area contributed by atoms with Gasteiger partial charge in [0.15, 0.2) is 6.29 Å².